The zero-order chi connectivity index (χ0) is 15.4. The minimum atomic E-state index is -0.394. The largest absolute Gasteiger partial charge is 0.494 e. The van der Waals surface area contributed by atoms with Crippen molar-refractivity contribution in [1.82, 2.24) is 0 Å². The number of hydrogen-bond donors (Lipinski definition) is 1. The van der Waals surface area contributed by atoms with Gasteiger partial charge in [0.05, 0.1) is 7.11 Å². The summed E-state index contributed by atoms with van der Waals surface area (Å²) in [5.41, 5.74) is 8.78. The summed E-state index contributed by atoms with van der Waals surface area (Å²) in [6.45, 7) is 4.20. The molecule has 0 spiro atoms. The van der Waals surface area contributed by atoms with Gasteiger partial charge in [0.2, 0.25) is 0 Å². The van der Waals surface area contributed by atoms with Crippen molar-refractivity contribution in [3.05, 3.63) is 58.9 Å². The molecule has 0 amide bonds. The maximum atomic E-state index is 13.6. The van der Waals surface area contributed by atoms with Gasteiger partial charge in [-0.3, -0.25) is 0 Å². The Morgan fingerprint density at radius 1 is 1.14 bits per heavy atom. The summed E-state index contributed by atoms with van der Waals surface area (Å²) in [5, 5.41) is 0. The molecular formula is C17H20FNO2. The van der Waals surface area contributed by atoms with E-state index in [1.54, 1.807) is 12.1 Å². The molecule has 3 nitrogen and oxygen atoms in total. The third-order valence-corrected chi connectivity index (χ3v) is 3.27. The second-order valence-corrected chi connectivity index (χ2v) is 5.09. The molecule has 4 heteroatoms. The molecule has 0 unspecified atom stereocenters. The standard InChI is InChI=1S/C17H20FNO2/c1-11-4-6-16(14(8-11)12(2)19)21-10-13-5-7-17(20-3)15(18)9-13/h4-9,12H,10,19H2,1-3H3/t12-/m1/s1. The van der Waals surface area contributed by atoms with E-state index in [-0.39, 0.29) is 18.4 Å². The predicted octanol–water partition coefficient (Wildman–Crippen LogP) is 3.74. The number of aryl methyl sites for hydroxylation is 1. The van der Waals surface area contributed by atoms with Gasteiger partial charge in [0, 0.05) is 11.6 Å². The minimum Gasteiger partial charge on any atom is -0.494 e. The average molecular weight is 289 g/mol. The Morgan fingerprint density at radius 3 is 2.48 bits per heavy atom. The number of rotatable bonds is 5. The molecular weight excluding hydrogens is 269 g/mol. The van der Waals surface area contributed by atoms with Gasteiger partial charge in [-0.15, -0.1) is 0 Å². The minimum absolute atomic E-state index is 0.118. The van der Waals surface area contributed by atoms with E-state index < -0.39 is 5.82 Å². The van der Waals surface area contributed by atoms with E-state index in [2.05, 4.69) is 0 Å². The van der Waals surface area contributed by atoms with Crippen molar-refractivity contribution < 1.29 is 13.9 Å². The van der Waals surface area contributed by atoms with Crippen molar-refractivity contribution in [2.45, 2.75) is 26.5 Å². The highest BCUT2D eigenvalue weighted by Gasteiger charge is 2.09. The van der Waals surface area contributed by atoms with Crippen molar-refractivity contribution in [3.8, 4) is 11.5 Å². The molecule has 2 aromatic rings. The molecule has 0 aliphatic rings. The third kappa shape index (κ3) is 3.73. The van der Waals surface area contributed by atoms with Crippen LogP contribution in [0, 0.1) is 12.7 Å². The maximum Gasteiger partial charge on any atom is 0.165 e. The van der Waals surface area contributed by atoms with Gasteiger partial charge >= 0.3 is 0 Å². The van der Waals surface area contributed by atoms with E-state index in [1.807, 2.05) is 32.0 Å². The first-order valence-electron chi connectivity index (χ1n) is 6.82. The molecule has 0 aromatic heterocycles. The fraction of sp³-hybridized carbons (Fsp3) is 0.294. The summed E-state index contributed by atoms with van der Waals surface area (Å²) in [7, 11) is 1.44. The zero-order valence-corrected chi connectivity index (χ0v) is 12.5. The summed E-state index contributed by atoms with van der Waals surface area (Å²) in [4.78, 5) is 0. The normalized spacial score (nSPS) is 12.0. The molecule has 1 atom stereocenters. The number of hydrogen-bond acceptors (Lipinski definition) is 3. The summed E-state index contributed by atoms with van der Waals surface area (Å²) >= 11 is 0. The number of benzene rings is 2. The van der Waals surface area contributed by atoms with Gasteiger partial charge in [0.1, 0.15) is 12.4 Å². The molecule has 0 aliphatic heterocycles. The van der Waals surface area contributed by atoms with Crippen molar-refractivity contribution in [2.75, 3.05) is 7.11 Å². The van der Waals surface area contributed by atoms with Gasteiger partial charge in [-0.2, -0.15) is 0 Å². The topological polar surface area (TPSA) is 44.5 Å². The number of methoxy groups -OCH3 is 1. The van der Waals surface area contributed by atoms with Crippen LogP contribution in [0.25, 0.3) is 0 Å². The Bertz CT molecular complexity index is 626. The molecule has 0 fully saturated rings. The first kappa shape index (κ1) is 15.3. The Hall–Kier alpha value is -2.07. The molecule has 21 heavy (non-hydrogen) atoms. The summed E-state index contributed by atoms with van der Waals surface area (Å²) in [5.74, 6) is 0.562. The van der Waals surface area contributed by atoms with Crippen LogP contribution in [0.3, 0.4) is 0 Å². The van der Waals surface area contributed by atoms with Crippen molar-refractivity contribution in [3.63, 3.8) is 0 Å². The molecule has 0 aliphatic carbocycles. The van der Waals surface area contributed by atoms with Crippen molar-refractivity contribution >= 4 is 0 Å². The fourth-order valence-corrected chi connectivity index (χ4v) is 2.12. The van der Waals surface area contributed by atoms with Crippen LogP contribution in [0.15, 0.2) is 36.4 Å². The van der Waals surface area contributed by atoms with E-state index in [0.717, 1.165) is 22.4 Å². The molecule has 0 saturated heterocycles. The van der Waals surface area contributed by atoms with Crippen LogP contribution in [-0.4, -0.2) is 7.11 Å². The van der Waals surface area contributed by atoms with E-state index in [1.165, 1.54) is 13.2 Å². The first-order valence-corrected chi connectivity index (χ1v) is 6.82. The van der Waals surface area contributed by atoms with Crippen LogP contribution >= 0.6 is 0 Å². The van der Waals surface area contributed by atoms with Gasteiger partial charge in [-0.25, -0.2) is 4.39 Å². The lowest BCUT2D eigenvalue weighted by molar-refractivity contribution is 0.300. The number of nitrogens with two attached hydrogens (primary N) is 1. The van der Waals surface area contributed by atoms with E-state index in [4.69, 9.17) is 15.2 Å². The van der Waals surface area contributed by atoms with Gasteiger partial charge in [0.15, 0.2) is 11.6 Å². The van der Waals surface area contributed by atoms with Crippen LogP contribution in [0.5, 0.6) is 11.5 Å². The van der Waals surface area contributed by atoms with Gasteiger partial charge in [0.25, 0.3) is 0 Å². The van der Waals surface area contributed by atoms with Crippen LogP contribution in [0.4, 0.5) is 4.39 Å². The van der Waals surface area contributed by atoms with Crippen LogP contribution in [-0.2, 0) is 6.61 Å². The quantitative estimate of drug-likeness (QED) is 0.912. The van der Waals surface area contributed by atoms with Crippen molar-refractivity contribution in [1.29, 1.82) is 0 Å². The highest BCUT2D eigenvalue weighted by molar-refractivity contribution is 5.39. The second kappa shape index (κ2) is 6.59. The lowest BCUT2D eigenvalue weighted by Gasteiger charge is -2.15. The van der Waals surface area contributed by atoms with E-state index in [0.29, 0.717) is 0 Å². The lowest BCUT2D eigenvalue weighted by atomic mass is 10.1. The van der Waals surface area contributed by atoms with Gasteiger partial charge in [-0.1, -0.05) is 23.8 Å². The van der Waals surface area contributed by atoms with Crippen LogP contribution < -0.4 is 15.2 Å². The molecule has 0 radical (unpaired) electrons. The van der Waals surface area contributed by atoms with Crippen LogP contribution in [0.1, 0.15) is 29.7 Å². The predicted molar refractivity (Wildman–Crippen MR) is 81.1 cm³/mol. The van der Waals surface area contributed by atoms with E-state index in [9.17, 15) is 4.39 Å². The Labute approximate surface area is 124 Å². The third-order valence-electron chi connectivity index (χ3n) is 3.27. The molecule has 0 saturated carbocycles. The molecule has 2 aromatic carbocycles. The maximum absolute atomic E-state index is 13.6. The molecule has 2 rings (SSSR count). The summed E-state index contributed by atoms with van der Waals surface area (Å²) in [6.07, 6.45) is 0. The molecule has 112 valence electrons. The monoisotopic (exact) mass is 289 g/mol. The van der Waals surface area contributed by atoms with Crippen LogP contribution in [0.2, 0.25) is 0 Å². The fourth-order valence-electron chi connectivity index (χ4n) is 2.12. The summed E-state index contributed by atoms with van der Waals surface area (Å²) < 4.78 is 24.3. The second-order valence-electron chi connectivity index (χ2n) is 5.09. The van der Waals surface area contributed by atoms with E-state index >= 15 is 0 Å². The SMILES string of the molecule is COc1ccc(COc2ccc(C)cc2[C@@H](C)N)cc1F. The Balaban J connectivity index is 2.15. The Morgan fingerprint density at radius 2 is 1.86 bits per heavy atom. The lowest BCUT2D eigenvalue weighted by Crippen LogP contribution is -2.08. The van der Waals surface area contributed by atoms with Gasteiger partial charge < -0.3 is 15.2 Å². The molecule has 0 bridgehead atoms. The summed E-state index contributed by atoms with van der Waals surface area (Å²) in [6, 6.07) is 10.5. The molecule has 0 heterocycles. The van der Waals surface area contributed by atoms with Gasteiger partial charge in [-0.05, 0) is 37.6 Å². The average Bonchev–Trinajstić information content (AvgIpc) is 2.46. The Kier molecular flexibility index (Phi) is 4.81. The zero-order valence-electron chi connectivity index (χ0n) is 12.5. The highest BCUT2D eigenvalue weighted by atomic mass is 19.1. The molecule has 2 N–H and O–H groups in total. The highest BCUT2D eigenvalue weighted by Crippen LogP contribution is 2.26. The first-order chi connectivity index (χ1) is 10.0. The smallest absolute Gasteiger partial charge is 0.165 e. The number of halogens is 1. The van der Waals surface area contributed by atoms with Crippen molar-refractivity contribution in [2.24, 2.45) is 5.73 Å². The number of ether oxygens (including phenoxy) is 2.